The second kappa shape index (κ2) is 10.6. The minimum Gasteiger partial charge on any atom is -0.494 e. The number of amides is 3. The molecule has 2 rings (SSSR count). The summed E-state index contributed by atoms with van der Waals surface area (Å²) in [6.07, 6.45) is 1.77. The first-order chi connectivity index (χ1) is 13.7. The fourth-order valence-electron chi connectivity index (χ4n) is 2.49. The Balaban J connectivity index is 1.67. The van der Waals surface area contributed by atoms with Crippen molar-refractivity contribution in [3.63, 3.8) is 0 Å². The number of ether oxygens (including phenoxy) is 1. The molecule has 0 spiro atoms. The summed E-state index contributed by atoms with van der Waals surface area (Å²) >= 11 is 0. The van der Waals surface area contributed by atoms with Crippen LogP contribution in [0.3, 0.4) is 0 Å². The largest absolute Gasteiger partial charge is 0.494 e. The van der Waals surface area contributed by atoms with Gasteiger partial charge in [0, 0.05) is 18.5 Å². The predicted octanol–water partition coefficient (Wildman–Crippen LogP) is 2.14. The molecule has 0 aliphatic heterocycles. The van der Waals surface area contributed by atoms with E-state index in [0.29, 0.717) is 31.0 Å². The Labute approximate surface area is 170 Å². The topological polar surface area (TPSA) is 105 Å². The van der Waals surface area contributed by atoms with Crippen LogP contribution in [0.15, 0.2) is 59.5 Å². The lowest BCUT2D eigenvalue weighted by molar-refractivity contribution is -0.120. The number of sulfone groups is 1. The van der Waals surface area contributed by atoms with Crippen molar-refractivity contribution in [3.8, 4) is 5.75 Å². The van der Waals surface area contributed by atoms with Gasteiger partial charge in [-0.3, -0.25) is 15.0 Å². The molecule has 8 nitrogen and oxygen atoms in total. The van der Waals surface area contributed by atoms with E-state index in [1.165, 1.54) is 12.1 Å². The number of rotatable bonds is 9. The third-order valence-corrected chi connectivity index (χ3v) is 4.99. The van der Waals surface area contributed by atoms with Crippen molar-refractivity contribution < 1.29 is 22.7 Å². The van der Waals surface area contributed by atoms with E-state index in [1.54, 1.807) is 48.3 Å². The molecule has 0 unspecified atom stereocenters. The molecule has 0 saturated heterocycles. The molecule has 156 valence electrons. The van der Waals surface area contributed by atoms with Gasteiger partial charge in [0.25, 0.3) is 0 Å². The van der Waals surface area contributed by atoms with Crippen molar-refractivity contribution >= 4 is 27.5 Å². The van der Waals surface area contributed by atoms with Crippen LogP contribution in [0.2, 0.25) is 0 Å². The summed E-state index contributed by atoms with van der Waals surface area (Å²) in [6, 6.07) is 14.6. The van der Waals surface area contributed by atoms with Gasteiger partial charge in [0.05, 0.1) is 18.0 Å². The average Bonchev–Trinajstić information content (AvgIpc) is 2.65. The normalized spacial score (nSPS) is 11.1. The predicted molar refractivity (Wildman–Crippen MR) is 111 cm³/mol. The molecule has 0 aliphatic carbocycles. The maximum absolute atomic E-state index is 11.9. The number of likely N-dealkylation sites (N-methyl/N-ethyl adjacent to an activating group) is 1. The quantitative estimate of drug-likeness (QED) is 0.604. The number of nitrogens with one attached hydrogen (secondary N) is 2. The van der Waals surface area contributed by atoms with Gasteiger partial charge in [0.15, 0.2) is 9.84 Å². The summed E-state index contributed by atoms with van der Waals surface area (Å²) in [5, 5.41) is 4.86. The van der Waals surface area contributed by atoms with E-state index in [-0.39, 0.29) is 11.4 Å². The number of nitrogens with zero attached hydrogens (tertiary/aromatic N) is 1. The number of hydrogen-bond donors (Lipinski definition) is 2. The number of urea groups is 1. The van der Waals surface area contributed by atoms with Crippen LogP contribution in [0.1, 0.15) is 6.42 Å². The van der Waals surface area contributed by atoms with Crippen LogP contribution in [-0.2, 0) is 14.6 Å². The van der Waals surface area contributed by atoms with Crippen LogP contribution in [0.25, 0.3) is 0 Å². The van der Waals surface area contributed by atoms with E-state index in [9.17, 15) is 18.0 Å². The van der Waals surface area contributed by atoms with Gasteiger partial charge < -0.3 is 10.1 Å². The molecule has 0 atom stereocenters. The molecule has 0 fully saturated rings. The van der Waals surface area contributed by atoms with Crippen molar-refractivity contribution in [1.82, 2.24) is 10.2 Å². The van der Waals surface area contributed by atoms with E-state index in [1.807, 2.05) is 6.07 Å². The summed E-state index contributed by atoms with van der Waals surface area (Å²) in [7, 11) is -1.52. The lowest BCUT2D eigenvalue weighted by Crippen LogP contribution is -2.41. The van der Waals surface area contributed by atoms with E-state index in [2.05, 4.69) is 10.6 Å². The van der Waals surface area contributed by atoms with E-state index in [0.717, 1.165) is 6.26 Å². The number of carbonyl (C=O) groups excluding carboxylic acids is 2. The van der Waals surface area contributed by atoms with Crippen molar-refractivity contribution in [2.75, 3.05) is 38.3 Å². The van der Waals surface area contributed by atoms with Crippen LogP contribution in [0.5, 0.6) is 5.75 Å². The van der Waals surface area contributed by atoms with E-state index >= 15 is 0 Å². The molecule has 2 aromatic carbocycles. The Morgan fingerprint density at radius 1 is 1.07 bits per heavy atom. The average molecular weight is 420 g/mol. The van der Waals surface area contributed by atoms with Crippen LogP contribution < -0.4 is 15.4 Å². The fraction of sp³-hybridized carbons (Fsp3) is 0.300. The zero-order chi connectivity index (χ0) is 21.3. The van der Waals surface area contributed by atoms with Gasteiger partial charge in [-0.05, 0) is 43.8 Å². The van der Waals surface area contributed by atoms with Crippen molar-refractivity contribution in [3.05, 3.63) is 54.6 Å². The number of benzene rings is 2. The molecule has 3 amide bonds. The molecule has 0 saturated carbocycles. The molecule has 2 N–H and O–H groups in total. The summed E-state index contributed by atoms with van der Waals surface area (Å²) < 4.78 is 28.7. The lowest BCUT2D eigenvalue weighted by Gasteiger charge is -2.16. The van der Waals surface area contributed by atoms with Gasteiger partial charge >= 0.3 is 6.03 Å². The molecule has 9 heteroatoms. The first-order valence-corrected chi connectivity index (χ1v) is 10.9. The maximum atomic E-state index is 11.9. The Kier molecular flexibility index (Phi) is 8.17. The lowest BCUT2D eigenvalue weighted by atomic mass is 10.3. The molecule has 0 aromatic heterocycles. The molecular weight excluding hydrogens is 394 g/mol. The van der Waals surface area contributed by atoms with E-state index < -0.39 is 21.8 Å². The maximum Gasteiger partial charge on any atom is 0.325 e. The van der Waals surface area contributed by atoms with Gasteiger partial charge in [0.1, 0.15) is 5.75 Å². The summed E-state index contributed by atoms with van der Waals surface area (Å²) in [4.78, 5) is 25.7. The van der Waals surface area contributed by atoms with Gasteiger partial charge in [0.2, 0.25) is 5.91 Å². The van der Waals surface area contributed by atoms with Crippen molar-refractivity contribution in [1.29, 1.82) is 0 Å². The van der Waals surface area contributed by atoms with Gasteiger partial charge in [-0.1, -0.05) is 24.3 Å². The third kappa shape index (κ3) is 8.32. The van der Waals surface area contributed by atoms with Crippen molar-refractivity contribution in [2.45, 2.75) is 11.3 Å². The molecule has 0 bridgehead atoms. The highest BCUT2D eigenvalue weighted by molar-refractivity contribution is 7.90. The first-order valence-electron chi connectivity index (χ1n) is 9.01. The zero-order valence-electron chi connectivity index (χ0n) is 16.4. The summed E-state index contributed by atoms with van der Waals surface area (Å²) in [6.45, 7) is 0.999. The van der Waals surface area contributed by atoms with Crippen molar-refractivity contribution in [2.24, 2.45) is 0 Å². The Bertz CT molecular complexity index is 932. The molecule has 0 heterocycles. The molecule has 0 radical (unpaired) electrons. The fourth-order valence-corrected chi connectivity index (χ4v) is 3.15. The van der Waals surface area contributed by atoms with Crippen LogP contribution in [0, 0.1) is 0 Å². The monoisotopic (exact) mass is 419 g/mol. The van der Waals surface area contributed by atoms with Gasteiger partial charge in [-0.15, -0.1) is 0 Å². The SMILES string of the molecule is CN(CCCOc1cccc(S(C)(=O)=O)c1)CC(=O)NC(=O)Nc1ccccc1. The standard InChI is InChI=1S/C20H25N3O5S/c1-23(15-19(24)22-20(25)21-16-8-4-3-5-9-16)12-7-13-28-17-10-6-11-18(14-17)29(2,26)27/h3-6,8-11,14H,7,12-13,15H2,1-2H3,(H2,21,22,24,25). The Hall–Kier alpha value is -2.91. The van der Waals surface area contributed by atoms with Crippen LogP contribution >= 0.6 is 0 Å². The minimum absolute atomic E-state index is 0.0613. The second-order valence-electron chi connectivity index (χ2n) is 6.56. The number of carbonyl (C=O) groups is 2. The number of para-hydroxylation sites is 1. The summed E-state index contributed by atoms with van der Waals surface area (Å²) in [5.41, 5.74) is 0.600. The number of anilines is 1. The molecule has 0 aliphatic rings. The minimum atomic E-state index is -3.28. The highest BCUT2D eigenvalue weighted by Gasteiger charge is 2.11. The summed E-state index contributed by atoms with van der Waals surface area (Å²) in [5.74, 6) is 0.0635. The highest BCUT2D eigenvalue weighted by Crippen LogP contribution is 2.17. The van der Waals surface area contributed by atoms with Gasteiger partial charge in [-0.2, -0.15) is 0 Å². The zero-order valence-corrected chi connectivity index (χ0v) is 17.2. The van der Waals surface area contributed by atoms with Crippen LogP contribution in [-0.4, -0.2) is 58.3 Å². The molecular formula is C20H25N3O5S. The highest BCUT2D eigenvalue weighted by atomic mass is 32.2. The second-order valence-corrected chi connectivity index (χ2v) is 8.57. The Morgan fingerprint density at radius 2 is 1.79 bits per heavy atom. The molecule has 29 heavy (non-hydrogen) atoms. The third-order valence-electron chi connectivity index (χ3n) is 3.88. The first kappa shape index (κ1) is 22.4. The smallest absolute Gasteiger partial charge is 0.325 e. The molecule has 2 aromatic rings. The Morgan fingerprint density at radius 3 is 2.48 bits per heavy atom. The number of hydrogen-bond acceptors (Lipinski definition) is 6. The van der Waals surface area contributed by atoms with E-state index in [4.69, 9.17) is 4.74 Å². The number of imide groups is 1. The van der Waals surface area contributed by atoms with Gasteiger partial charge in [-0.25, -0.2) is 13.2 Å². The van der Waals surface area contributed by atoms with Crippen LogP contribution in [0.4, 0.5) is 10.5 Å².